The molecular weight excluding hydrogens is 332 g/mol. The van der Waals surface area contributed by atoms with Crippen molar-refractivity contribution in [1.82, 2.24) is 10.6 Å². The molecule has 26 heavy (non-hydrogen) atoms. The van der Waals surface area contributed by atoms with E-state index in [0.717, 1.165) is 24.7 Å². The highest BCUT2D eigenvalue weighted by molar-refractivity contribution is 5.87. The summed E-state index contributed by atoms with van der Waals surface area (Å²) in [5.74, 6) is -0.158. The molecule has 0 saturated carbocycles. The summed E-state index contributed by atoms with van der Waals surface area (Å²) in [7, 11) is 0. The first-order chi connectivity index (χ1) is 12.5. The van der Waals surface area contributed by atoms with Crippen LogP contribution in [0.1, 0.15) is 52.0 Å². The van der Waals surface area contributed by atoms with Crippen LogP contribution in [0.5, 0.6) is 0 Å². The molecule has 0 aliphatic heterocycles. The Morgan fingerprint density at radius 2 is 1.85 bits per heavy atom. The molecule has 0 bridgehead atoms. The Morgan fingerprint density at radius 3 is 2.42 bits per heavy atom. The molecule has 1 aromatic carbocycles. The van der Waals surface area contributed by atoms with Gasteiger partial charge in [-0.05, 0) is 24.3 Å². The van der Waals surface area contributed by atoms with Crippen molar-refractivity contribution in [3.8, 4) is 0 Å². The lowest BCUT2D eigenvalue weighted by atomic mass is 10.0. The van der Waals surface area contributed by atoms with Gasteiger partial charge in [-0.3, -0.25) is 4.79 Å². The van der Waals surface area contributed by atoms with Gasteiger partial charge in [0.25, 0.3) is 0 Å². The topological polar surface area (TPSA) is 84.5 Å². The van der Waals surface area contributed by atoms with Crippen molar-refractivity contribution in [3.63, 3.8) is 0 Å². The zero-order valence-electron chi connectivity index (χ0n) is 15.9. The third-order valence-electron chi connectivity index (χ3n) is 3.89. The molecule has 2 amide bonds. The van der Waals surface area contributed by atoms with Crippen LogP contribution in [0.2, 0.25) is 0 Å². The van der Waals surface area contributed by atoms with Gasteiger partial charge in [0.2, 0.25) is 5.91 Å². The number of nitrogens with one attached hydrogen (secondary N) is 2. The highest BCUT2D eigenvalue weighted by Gasteiger charge is 2.24. The summed E-state index contributed by atoms with van der Waals surface area (Å²) >= 11 is 0. The van der Waals surface area contributed by atoms with Gasteiger partial charge in [-0.15, -0.1) is 0 Å². The fourth-order valence-corrected chi connectivity index (χ4v) is 2.49. The van der Waals surface area contributed by atoms with Crippen molar-refractivity contribution in [3.05, 3.63) is 35.9 Å². The molecule has 0 aliphatic carbocycles. The zero-order valence-corrected chi connectivity index (χ0v) is 15.9. The van der Waals surface area contributed by atoms with Crippen LogP contribution >= 0.6 is 0 Å². The third kappa shape index (κ3) is 8.65. The Morgan fingerprint density at radius 1 is 1.15 bits per heavy atom. The van der Waals surface area contributed by atoms with Crippen LogP contribution in [-0.4, -0.2) is 30.4 Å². The summed E-state index contributed by atoms with van der Waals surface area (Å²) in [6.07, 6.45) is 2.95. The quantitative estimate of drug-likeness (QED) is 0.592. The average molecular weight is 362 g/mol. The highest BCUT2D eigenvalue weighted by atomic mass is 16.5. The monoisotopic (exact) mass is 362 g/mol. The summed E-state index contributed by atoms with van der Waals surface area (Å²) in [5.41, 5.74) is 0.869. The number of amides is 2. The second-order valence-corrected chi connectivity index (χ2v) is 6.78. The van der Waals surface area contributed by atoms with Gasteiger partial charge in [0, 0.05) is 0 Å². The number of ether oxygens (including phenoxy) is 1. The second kappa shape index (κ2) is 12.1. The first-order valence-electron chi connectivity index (χ1n) is 9.19. The van der Waals surface area contributed by atoms with Crippen LogP contribution in [0.25, 0.3) is 0 Å². The van der Waals surface area contributed by atoms with Crippen LogP contribution in [0, 0.1) is 5.92 Å². The van der Waals surface area contributed by atoms with E-state index in [4.69, 9.17) is 4.74 Å². The van der Waals surface area contributed by atoms with E-state index in [0.29, 0.717) is 12.8 Å². The molecule has 1 unspecified atom stereocenters. The molecule has 0 aliphatic rings. The Bertz CT molecular complexity index is 560. The standard InChI is InChI=1S/C20H30N2O4/c1-4-5-11-17(13-23)21-19(24)18(12-15(2)3)22-20(25)26-14-16-9-7-6-8-10-16/h6-10,13,15,17-18H,4-5,11-12,14H2,1-3H3,(H,21,24)(H,22,25)/t17?,18-/m0/s1. The van der Waals surface area contributed by atoms with Crippen LogP contribution in [0.4, 0.5) is 4.79 Å². The molecule has 0 fully saturated rings. The van der Waals surface area contributed by atoms with Crippen molar-refractivity contribution in [2.75, 3.05) is 0 Å². The first-order valence-corrected chi connectivity index (χ1v) is 9.19. The summed E-state index contributed by atoms with van der Waals surface area (Å²) in [5, 5.41) is 5.32. The Kier molecular flexibility index (Phi) is 10.1. The number of carbonyl (C=O) groups is 3. The molecule has 2 atom stereocenters. The van der Waals surface area contributed by atoms with E-state index in [1.807, 2.05) is 51.1 Å². The lowest BCUT2D eigenvalue weighted by Gasteiger charge is -2.22. The number of hydrogen-bond acceptors (Lipinski definition) is 4. The molecule has 6 heteroatoms. The van der Waals surface area contributed by atoms with Gasteiger partial charge < -0.3 is 20.2 Å². The van der Waals surface area contributed by atoms with Crippen LogP contribution in [0.15, 0.2) is 30.3 Å². The number of carbonyl (C=O) groups excluding carboxylic acids is 3. The second-order valence-electron chi connectivity index (χ2n) is 6.78. The Labute approximate surface area is 155 Å². The minimum atomic E-state index is -0.734. The largest absolute Gasteiger partial charge is 0.445 e. The van der Waals surface area contributed by atoms with Crippen LogP contribution in [-0.2, 0) is 20.9 Å². The molecule has 0 aromatic heterocycles. The molecule has 1 rings (SSSR count). The van der Waals surface area contributed by atoms with E-state index in [9.17, 15) is 14.4 Å². The fraction of sp³-hybridized carbons (Fsp3) is 0.550. The normalized spacial score (nSPS) is 12.9. The molecule has 6 nitrogen and oxygen atoms in total. The van der Waals surface area contributed by atoms with E-state index in [1.54, 1.807) is 0 Å². The summed E-state index contributed by atoms with van der Waals surface area (Å²) in [6, 6.07) is 8.06. The maximum absolute atomic E-state index is 12.5. The number of hydrogen-bond donors (Lipinski definition) is 2. The van der Waals surface area contributed by atoms with Gasteiger partial charge in [0.15, 0.2) is 0 Å². The molecule has 0 radical (unpaired) electrons. The third-order valence-corrected chi connectivity index (χ3v) is 3.89. The predicted octanol–water partition coefficient (Wildman–Crippen LogP) is 3.20. The first kappa shape index (κ1) is 21.7. The van der Waals surface area contributed by atoms with E-state index in [1.165, 1.54) is 0 Å². The number of unbranched alkanes of at least 4 members (excludes halogenated alkanes) is 1. The van der Waals surface area contributed by atoms with Crippen molar-refractivity contribution in [2.45, 2.75) is 65.1 Å². The average Bonchev–Trinajstić information content (AvgIpc) is 2.63. The molecular formula is C20H30N2O4. The van der Waals surface area contributed by atoms with Crippen molar-refractivity contribution in [1.29, 1.82) is 0 Å². The zero-order chi connectivity index (χ0) is 19.4. The summed E-state index contributed by atoms with van der Waals surface area (Å²) in [4.78, 5) is 35.7. The molecule has 1 aromatic rings. The maximum atomic E-state index is 12.5. The molecule has 0 heterocycles. The predicted molar refractivity (Wildman–Crippen MR) is 101 cm³/mol. The van der Waals surface area contributed by atoms with Crippen molar-refractivity contribution in [2.24, 2.45) is 5.92 Å². The van der Waals surface area contributed by atoms with Gasteiger partial charge in [-0.2, -0.15) is 0 Å². The van der Waals surface area contributed by atoms with Crippen LogP contribution < -0.4 is 10.6 Å². The molecule has 2 N–H and O–H groups in total. The number of rotatable bonds is 11. The minimum absolute atomic E-state index is 0.135. The van der Waals surface area contributed by atoms with Crippen LogP contribution in [0.3, 0.4) is 0 Å². The summed E-state index contributed by atoms with van der Waals surface area (Å²) < 4.78 is 5.19. The number of benzene rings is 1. The Hall–Kier alpha value is -2.37. The maximum Gasteiger partial charge on any atom is 0.408 e. The van der Waals surface area contributed by atoms with Gasteiger partial charge in [0.05, 0.1) is 6.04 Å². The Balaban J connectivity index is 2.59. The fourth-order valence-electron chi connectivity index (χ4n) is 2.49. The van der Waals surface area contributed by atoms with Gasteiger partial charge >= 0.3 is 6.09 Å². The van der Waals surface area contributed by atoms with Gasteiger partial charge in [-0.1, -0.05) is 63.9 Å². The van der Waals surface area contributed by atoms with Gasteiger partial charge in [-0.25, -0.2) is 4.79 Å². The van der Waals surface area contributed by atoms with E-state index >= 15 is 0 Å². The minimum Gasteiger partial charge on any atom is -0.445 e. The van der Waals surface area contributed by atoms with Crippen molar-refractivity contribution < 1.29 is 19.1 Å². The number of aldehydes is 1. The molecule has 0 spiro atoms. The summed E-state index contributed by atoms with van der Waals surface area (Å²) in [6.45, 7) is 6.09. The number of alkyl carbamates (subject to hydrolysis) is 1. The van der Waals surface area contributed by atoms with Gasteiger partial charge in [0.1, 0.15) is 18.9 Å². The smallest absolute Gasteiger partial charge is 0.408 e. The SMILES string of the molecule is CCCCC(C=O)NC(=O)[C@H](CC(C)C)NC(=O)OCc1ccccc1. The molecule has 144 valence electrons. The van der Waals surface area contributed by atoms with E-state index in [2.05, 4.69) is 10.6 Å². The highest BCUT2D eigenvalue weighted by Crippen LogP contribution is 2.08. The van der Waals surface area contributed by atoms with Crippen molar-refractivity contribution >= 4 is 18.3 Å². The lowest BCUT2D eigenvalue weighted by Crippen LogP contribution is -2.50. The lowest BCUT2D eigenvalue weighted by molar-refractivity contribution is -0.126. The van der Waals surface area contributed by atoms with E-state index in [-0.39, 0.29) is 18.4 Å². The van der Waals surface area contributed by atoms with E-state index < -0.39 is 18.2 Å². The molecule has 0 saturated heterocycles.